The number of aliphatic carboxylic acids is 1. The van der Waals surface area contributed by atoms with E-state index in [1.54, 1.807) is 11.8 Å². The minimum absolute atomic E-state index is 0.100. The zero-order chi connectivity index (χ0) is 12.0. The van der Waals surface area contributed by atoms with Crippen LogP contribution in [-0.2, 0) is 11.2 Å². The summed E-state index contributed by atoms with van der Waals surface area (Å²) in [6.07, 6.45) is 2.94. The Bertz CT molecular complexity index is 337. The standard InChI is InChI=1S/C12H17NO2S/c1-13(9-12(14)15)8-7-10-3-5-11(16-2)6-4-10/h3-6H,7-9H2,1-2H3,(H,14,15). The molecular formula is C12H17NO2S. The van der Waals surface area contributed by atoms with Crippen LogP contribution >= 0.6 is 11.8 Å². The number of likely N-dealkylation sites (N-methyl/N-ethyl adjacent to an activating group) is 1. The molecule has 1 rings (SSSR count). The number of thioether (sulfide) groups is 1. The molecule has 1 aromatic rings. The lowest BCUT2D eigenvalue weighted by Crippen LogP contribution is -2.27. The van der Waals surface area contributed by atoms with Crippen LogP contribution in [0.5, 0.6) is 0 Å². The van der Waals surface area contributed by atoms with Gasteiger partial charge in [-0.15, -0.1) is 11.8 Å². The predicted molar refractivity (Wildman–Crippen MR) is 67.1 cm³/mol. The Hall–Kier alpha value is -1.00. The highest BCUT2D eigenvalue weighted by atomic mass is 32.2. The first-order valence-electron chi connectivity index (χ1n) is 5.15. The molecular weight excluding hydrogens is 222 g/mol. The maximum atomic E-state index is 10.5. The molecule has 0 saturated heterocycles. The second-order valence-corrected chi connectivity index (χ2v) is 4.61. The minimum atomic E-state index is -0.778. The Morgan fingerprint density at radius 2 is 2.00 bits per heavy atom. The van der Waals surface area contributed by atoms with Gasteiger partial charge >= 0.3 is 5.97 Å². The summed E-state index contributed by atoms with van der Waals surface area (Å²) in [5.41, 5.74) is 1.25. The van der Waals surface area contributed by atoms with Crippen LogP contribution in [0, 0.1) is 0 Å². The lowest BCUT2D eigenvalue weighted by atomic mass is 10.1. The summed E-state index contributed by atoms with van der Waals surface area (Å²) in [5, 5.41) is 8.60. The fourth-order valence-electron chi connectivity index (χ4n) is 1.42. The highest BCUT2D eigenvalue weighted by Crippen LogP contribution is 2.15. The lowest BCUT2D eigenvalue weighted by molar-refractivity contribution is -0.137. The molecule has 0 radical (unpaired) electrons. The van der Waals surface area contributed by atoms with Crippen LogP contribution in [0.25, 0.3) is 0 Å². The van der Waals surface area contributed by atoms with E-state index in [-0.39, 0.29) is 6.54 Å². The molecule has 16 heavy (non-hydrogen) atoms. The van der Waals surface area contributed by atoms with Crippen molar-refractivity contribution in [3.05, 3.63) is 29.8 Å². The normalized spacial score (nSPS) is 10.7. The van der Waals surface area contributed by atoms with Crippen molar-refractivity contribution in [1.29, 1.82) is 0 Å². The molecule has 0 aromatic heterocycles. The maximum Gasteiger partial charge on any atom is 0.317 e. The first-order chi connectivity index (χ1) is 7.61. The van der Waals surface area contributed by atoms with Crippen molar-refractivity contribution in [3.8, 4) is 0 Å². The molecule has 0 bridgehead atoms. The van der Waals surface area contributed by atoms with Crippen LogP contribution in [0.15, 0.2) is 29.2 Å². The third-order valence-electron chi connectivity index (χ3n) is 2.35. The van der Waals surface area contributed by atoms with Gasteiger partial charge in [-0.2, -0.15) is 0 Å². The topological polar surface area (TPSA) is 40.5 Å². The van der Waals surface area contributed by atoms with Crippen LogP contribution in [0.3, 0.4) is 0 Å². The molecule has 0 aliphatic heterocycles. The van der Waals surface area contributed by atoms with E-state index in [9.17, 15) is 4.79 Å². The van der Waals surface area contributed by atoms with Gasteiger partial charge in [0.1, 0.15) is 0 Å². The van der Waals surface area contributed by atoms with Gasteiger partial charge in [0.25, 0.3) is 0 Å². The summed E-state index contributed by atoms with van der Waals surface area (Å²) >= 11 is 1.72. The molecule has 0 heterocycles. The average Bonchev–Trinajstić information content (AvgIpc) is 2.26. The number of hydrogen-bond acceptors (Lipinski definition) is 3. The lowest BCUT2D eigenvalue weighted by Gasteiger charge is -2.13. The highest BCUT2D eigenvalue weighted by molar-refractivity contribution is 7.98. The zero-order valence-corrected chi connectivity index (χ0v) is 10.5. The fourth-order valence-corrected chi connectivity index (χ4v) is 1.83. The van der Waals surface area contributed by atoms with E-state index >= 15 is 0 Å². The number of hydrogen-bond donors (Lipinski definition) is 1. The molecule has 0 aliphatic rings. The predicted octanol–water partition coefficient (Wildman–Crippen LogP) is 1.97. The van der Waals surface area contributed by atoms with Gasteiger partial charge in [0.2, 0.25) is 0 Å². The van der Waals surface area contributed by atoms with Crippen LogP contribution in [0.4, 0.5) is 0 Å². The number of benzene rings is 1. The van der Waals surface area contributed by atoms with Gasteiger partial charge in [0.15, 0.2) is 0 Å². The Balaban J connectivity index is 2.39. The number of carbonyl (C=O) groups is 1. The van der Waals surface area contributed by atoms with Crippen molar-refractivity contribution >= 4 is 17.7 Å². The van der Waals surface area contributed by atoms with E-state index < -0.39 is 5.97 Å². The monoisotopic (exact) mass is 239 g/mol. The second kappa shape index (κ2) is 6.55. The first kappa shape index (κ1) is 13.1. The molecule has 0 spiro atoms. The van der Waals surface area contributed by atoms with Gasteiger partial charge in [-0.25, -0.2) is 0 Å². The third kappa shape index (κ3) is 4.68. The van der Waals surface area contributed by atoms with Crippen molar-refractivity contribution in [2.75, 3.05) is 26.4 Å². The van der Waals surface area contributed by atoms with Crippen molar-refractivity contribution < 1.29 is 9.90 Å². The second-order valence-electron chi connectivity index (χ2n) is 3.73. The highest BCUT2D eigenvalue weighted by Gasteiger charge is 2.03. The molecule has 1 N–H and O–H groups in total. The quantitative estimate of drug-likeness (QED) is 0.771. The number of rotatable bonds is 6. The molecule has 0 amide bonds. The molecule has 0 aliphatic carbocycles. The molecule has 88 valence electrons. The van der Waals surface area contributed by atoms with Crippen LogP contribution in [0.1, 0.15) is 5.56 Å². The van der Waals surface area contributed by atoms with E-state index in [4.69, 9.17) is 5.11 Å². The molecule has 0 unspecified atom stereocenters. The van der Waals surface area contributed by atoms with Gasteiger partial charge in [-0.05, 0) is 37.4 Å². The van der Waals surface area contributed by atoms with E-state index in [0.29, 0.717) is 0 Å². The third-order valence-corrected chi connectivity index (χ3v) is 3.09. The van der Waals surface area contributed by atoms with E-state index in [2.05, 4.69) is 30.5 Å². The molecule has 0 saturated carbocycles. The largest absolute Gasteiger partial charge is 0.480 e. The van der Waals surface area contributed by atoms with Crippen molar-refractivity contribution in [2.24, 2.45) is 0 Å². The zero-order valence-electron chi connectivity index (χ0n) is 9.64. The summed E-state index contributed by atoms with van der Waals surface area (Å²) in [6, 6.07) is 8.38. The van der Waals surface area contributed by atoms with Crippen molar-refractivity contribution in [1.82, 2.24) is 4.90 Å². The van der Waals surface area contributed by atoms with Gasteiger partial charge in [-0.1, -0.05) is 12.1 Å². The summed E-state index contributed by atoms with van der Waals surface area (Å²) in [7, 11) is 1.82. The van der Waals surface area contributed by atoms with Crippen molar-refractivity contribution in [2.45, 2.75) is 11.3 Å². The Morgan fingerprint density at radius 3 is 2.50 bits per heavy atom. The smallest absolute Gasteiger partial charge is 0.317 e. The molecule has 1 aromatic carbocycles. The van der Waals surface area contributed by atoms with Gasteiger partial charge in [0, 0.05) is 11.4 Å². The van der Waals surface area contributed by atoms with E-state index in [1.165, 1.54) is 10.5 Å². The minimum Gasteiger partial charge on any atom is -0.480 e. The number of carboxylic acid groups (broad SMARTS) is 1. The van der Waals surface area contributed by atoms with Crippen LogP contribution < -0.4 is 0 Å². The van der Waals surface area contributed by atoms with Crippen LogP contribution in [0.2, 0.25) is 0 Å². The summed E-state index contributed by atoms with van der Waals surface area (Å²) < 4.78 is 0. The summed E-state index contributed by atoms with van der Waals surface area (Å²) in [5.74, 6) is -0.778. The Labute approximate surface area is 100 Å². The molecule has 0 atom stereocenters. The average molecular weight is 239 g/mol. The Kier molecular flexibility index (Phi) is 5.35. The number of nitrogens with zero attached hydrogens (tertiary/aromatic N) is 1. The van der Waals surface area contributed by atoms with Gasteiger partial charge < -0.3 is 5.11 Å². The number of carboxylic acids is 1. The van der Waals surface area contributed by atoms with Gasteiger partial charge in [-0.3, -0.25) is 9.69 Å². The van der Waals surface area contributed by atoms with Crippen LogP contribution in [-0.4, -0.2) is 42.4 Å². The molecule has 4 heteroatoms. The summed E-state index contributed by atoms with van der Waals surface area (Å²) in [4.78, 5) is 13.5. The Morgan fingerprint density at radius 1 is 1.38 bits per heavy atom. The molecule has 3 nitrogen and oxygen atoms in total. The van der Waals surface area contributed by atoms with Crippen molar-refractivity contribution in [3.63, 3.8) is 0 Å². The van der Waals surface area contributed by atoms with Gasteiger partial charge in [0.05, 0.1) is 6.54 Å². The SMILES string of the molecule is CSc1ccc(CCN(C)CC(=O)O)cc1. The summed E-state index contributed by atoms with van der Waals surface area (Å²) in [6.45, 7) is 0.869. The van der Waals surface area contributed by atoms with E-state index in [1.807, 2.05) is 11.9 Å². The fraction of sp³-hybridized carbons (Fsp3) is 0.417. The molecule has 0 fully saturated rings. The first-order valence-corrected chi connectivity index (χ1v) is 6.37. The maximum absolute atomic E-state index is 10.5. The van der Waals surface area contributed by atoms with E-state index in [0.717, 1.165) is 13.0 Å².